The first-order valence-electron chi connectivity index (χ1n) is 8.29. The van der Waals surface area contributed by atoms with Gasteiger partial charge in [0.25, 0.3) is 15.9 Å². The summed E-state index contributed by atoms with van der Waals surface area (Å²) in [7, 11) is -4.00. The molecule has 3 aromatic carbocycles. The minimum Gasteiger partial charge on any atom is -0.507 e. The third-order valence-corrected chi connectivity index (χ3v) is 5.63. The molecule has 0 spiro atoms. The molecule has 0 unspecified atom stereocenters. The number of benzene rings is 3. The number of halogens is 1. The highest BCUT2D eigenvalue weighted by Crippen LogP contribution is 2.26. The predicted octanol–water partition coefficient (Wildman–Crippen LogP) is 3.78. The first-order chi connectivity index (χ1) is 13.4. The normalized spacial score (nSPS) is 11.0. The number of carbonyl (C=O) groups is 1. The van der Waals surface area contributed by atoms with Crippen molar-refractivity contribution in [1.29, 1.82) is 0 Å². The van der Waals surface area contributed by atoms with Crippen LogP contribution in [0, 0.1) is 0 Å². The van der Waals surface area contributed by atoms with Crippen LogP contribution in [0.15, 0.2) is 77.7 Å². The van der Waals surface area contributed by atoms with Gasteiger partial charge in [-0.05, 0) is 35.9 Å². The zero-order chi connectivity index (χ0) is 20.1. The van der Waals surface area contributed by atoms with E-state index >= 15 is 0 Å². The maximum absolute atomic E-state index is 12.6. The number of hydrogen-bond donors (Lipinski definition) is 3. The third-order valence-electron chi connectivity index (χ3n) is 3.94. The molecule has 1 amide bonds. The summed E-state index contributed by atoms with van der Waals surface area (Å²) in [6, 6.07) is 19.1. The lowest BCUT2D eigenvalue weighted by atomic mass is 10.1. The van der Waals surface area contributed by atoms with Gasteiger partial charge in [0, 0.05) is 6.54 Å². The van der Waals surface area contributed by atoms with Crippen LogP contribution in [0.5, 0.6) is 5.75 Å². The van der Waals surface area contributed by atoms with Crippen molar-refractivity contribution in [1.82, 2.24) is 5.32 Å². The summed E-state index contributed by atoms with van der Waals surface area (Å²) in [4.78, 5) is 12.3. The molecular formula is C20H17ClN2O4S. The van der Waals surface area contributed by atoms with Gasteiger partial charge in [-0.25, -0.2) is 8.42 Å². The second-order valence-electron chi connectivity index (χ2n) is 5.93. The molecular weight excluding hydrogens is 400 g/mol. The van der Waals surface area contributed by atoms with Gasteiger partial charge >= 0.3 is 0 Å². The Hall–Kier alpha value is -3.03. The van der Waals surface area contributed by atoms with Gasteiger partial charge in [-0.15, -0.1) is 0 Å². The largest absolute Gasteiger partial charge is 0.507 e. The summed E-state index contributed by atoms with van der Waals surface area (Å²) in [5, 5.41) is 12.9. The van der Waals surface area contributed by atoms with E-state index in [4.69, 9.17) is 11.6 Å². The smallest absolute Gasteiger partial charge is 0.261 e. The zero-order valence-corrected chi connectivity index (χ0v) is 16.2. The Balaban J connectivity index is 1.82. The van der Waals surface area contributed by atoms with Gasteiger partial charge in [-0.1, -0.05) is 54.1 Å². The molecule has 0 aliphatic carbocycles. The number of aromatic hydroxyl groups is 1. The van der Waals surface area contributed by atoms with Gasteiger partial charge in [-0.3, -0.25) is 9.52 Å². The zero-order valence-electron chi connectivity index (χ0n) is 14.6. The second kappa shape index (κ2) is 8.33. The molecule has 28 heavy (non-hydrogen) atoms. The van der Waals surface area contributed by atoms with Gasteiger partial charge in [0.1, 0.15) is 5.75 Å². The highest BCUT2D eigenvalue weighted by Gasteiger charge is 2.20. The highest BCUT2D eigenvalue weighted by atomic mass is 35.5. The van der Waals surface area contributed by atoms with Gasteiger partial charge in [0.05, 0.1) is 21.2 Å². The average Bonchev–Trinajstić information content (AvgIpc) is 2.69. The molecule has 144 valence electrons. The molecule has 6 nitrogen and oxygen atoms in total. The van der Waals surface area contributed by atoms with E-state index in [1.54, 1.807) is 18.2 Å². The summed E-state index contributed by atoms with van der Waals surface area (Å²) in [6.07, 6.45) is 0. The van der Waals surface area contributed by atoms with Crippen LogP contribution in [-0.4, -0.2) is 19.4 Å². The fourth-order valence-corrected chi connectivity index (χ4v) is 3.83. The van der Waals surface area contributed by atoms with Crippen molar-refractivity contribution < 1.29 is 18.3 Å². The van der Waals surface area contributed by atoms with E-state index < -0.39 is 15.9 Å². The minimum atomic E-state index is -4.00. The molecule has 0 bridgehead atoms. The molecule has 3 N–H and O–H groups in total. The van der Waals surface area contributed by atoms with Crippen LogP contribution in [0.1, 0.15) is 15.9 Å². The number of hydrogen-bond acceptors (Lipinski definition) is 4. The third kappa shape index (κ3) is 4.62. The van der Waals surface area contributed by atoms with Crippen LogP contribution in [0.2, 0.25) is 5.02 Å². The minimum absolute atomic E-state index is 0.141. The van der Waals surface area contributed by atoms with Crippen LogP contribution in [0.4, 0.5) is 5.69 Å². The van der Waals surface area contributed by atoms with Crippen molar-refractivity contribution in [2.24, 2.45) is 0 Å². The van der Waals surface area contributed by atoms with E-state index in [1.165, 1.54) is 18.2 Å². The molecule has 0 radical (unpaired) electrons. The summed E-state index contributed by atoms with van der Waals surface area (Å²) >= 11 is 5.99. The van der Waals surface area contributed by atoms with Crippen molar-refractivity contribution in [2.45, 2.75) is 11.4 Å². The van der Waals surface area contributed by atoms with Crippen molar-refractivity contribution >= 4 is 33.2 Å². The fourth-order valence-electron chi connectivity index (χ4n) is 2.49. The number of nitrogens with one attached hydrogen (secondary N) is 2. The molecule has 0 aliphatic heterocycles. The summed E-state index contributed by atoms with van der Waals surface area (Å²) in [6.45, 7) is 0.244. The summed E-state index contributed by atoms with van der Waals surface area (Å²) in [5.41, 5.74) is 0.949. The second-order valence-corrected chi connectivity index (χ2v) is 8.02. The first-order valence-corrected chi connectivity index (χ1v) is 10.2. The highest BCUT2D eigenvalue weighted by molar-refractivity contribution is 7.92. The van der Waals surface area contributed by atoms with Crippen LogP contribution in [0.3, 0.4) is 0 Å². The molecule has 0 atom stereocenters. The standard InChI is InChI=1S/C20H17ClN2O4S/c21-17-8-4-5-9-18(17)23-28(26,27)15-10-11-19(24)16(12-15)20(25)22-13-14-6-2-1-3-7-14/h1-12,23-24H,13H2,(H,22,25). The van der Waals surface area contributed by atoms with Crippen molar-refractivity contribution in [2.75, 3.05) is 4.72 Å². The van der Waals surface area contributed by atoms with Crippen LogP contribution < -0.4 is 10.0 Å². The Morgan fingerprint density at radius 1 is 0.964 bits per heavy atom. The molecule has 3 aromatic rings. The fraction of sp³-hybridized carbons (Fsp3) is 0.0500. The summed E-state index contributed by atoms with van der Waals surface area (Å²) in [5.74, 6) is -0.904. The lowest BCUT2D eigenvalue weighted by Crippen LogP contribution is -2.23. The Kier molecular flexibility index (Phi) is 5.87. The quantitative estimate of drug-likeness (QED) is 0.569. The molecule has 0 heterocycles. The van der Waals surface area contributed by atoms with Gasteiger partial charge in [0.2, 0.25) is 0 Å². The number of anilines is 1. The Bertz CT molecular complexity index is 1100. The number of carbonyl (C=O) groups excluding carboxylic acids is 1. The SMILES string of the molecule is O=C(NCc1ccccc1)c1cc(S(=O)(=O)Nc2ccccc2Cl)ccc1O. The molecule has 0 saturated heterocycles. The number of phenolic OH excluding ortho intramolecular Hbond substituents is 1. The van der Waals surface area contributed by atoms with Gasteiger partial charge in [0.15, 0.2) is 0 Å². The number of rotatable bonds is 6. The van der Waals surface area contributed by atoms with Crippen molar-refractivity contribution in [3.8, 4) is 5.75 Å². The van der Waals surface area contributed by atoms with E-state index in [2.05, 4.69) is 10.0 Å². The van der Waals surface area contributed by atoms with E-state index in [0.29, 0.717) is 0 Å². The van der Waals surface area contributed by atoms with E-state index in [9.17, 15) is 18.3 Å². The van der Waals surface area contributed by atoms with Crippen LogP contribution in [-0.2, 0) is 16.6 Å². The topological polar surface area (TPSA) is 95.5 Å². The monoisotopic (exact) mass is 416 g/mol. The summed E-state index contributed by atoms with van der Waals surface area (Å²) < 4.78 is 27.6. The average molecular weight is 417 g/mol. The van der Waals surface area contributed by atoms with Crippen LogP contribution in [0.25, 0.3) is 0 Å². The van der Waals surface area contributed by atoms with E-state index in [-0.39, 0.29) is 33.5 Å². The Morgan fingerprint density at radius 2 is 1.64 bits per heavy atom. The van der Waals surface area contributed by atoms with E-state index in [0.717, 1.165) is 11.6 Å². The number of para-hydroxylation sites is 1. The van der Waals surface area contributed by atoms with Crippen molar-refractivity contribution in [3.63, 3.8) is 0 Å². The molecule has 8 heteroatoms. The molecule has 0 aliphatic rings. The Labute approximate surface area is 167 Å². The maximum atomic E-state index is 12.6. The van der Waals surface area contributed by atoms with Gasteiger partial charge < -0.3 is 10.4 Å². The number of amides is 1. The lowest BCUT2D eigenvalue weighted by molar-refractivity contribution is 0.0948. The lowest BCUT2D eigenvalue weighted by Gasteiger charge is -2.12. The number of sulfonamides is 1. The van der Waals surface area contributed by atoms with E-state index in [1.807, 2.05) is 30.3 Å². The first kappa shape index (κ1) is 19.7. The molecule has 0 fully saturated rings. The molecule has 0 aromatic heterocycles. The molecule has 3 rings (SSSR count). The Morgan fingerprint density at radius 3 is 2.36 bits per heavy atom. The van der Waals surface area contributed by atoms with Crippen molar-refractivity contribution in [3.05, 3.63) is 88.9 Å². The van der Waals surface area contributed by atoms with Gasteiger partial charge in [-0.2, -0.15) is 0 Å². The van der Waals surface area contributed by atoms with Crippen LogP contribution >= 0.6 is 11.6 Å². The number of phenols is 1. The predicted molar refractivity (Wildman–Crippen MR) is 108 cm³/mol. The maximum Gasteiger partial charge on any atom is 0.261 e. The molecule has 0 saturated carbocycles.